The molecule has 0 spiro atoms. The molecular formula is C19H24INO4. The van der Waals surface area contributed by atoms with E-state index >= 15 is 0 Å². The highest BCUT2D eigenvalue weighted by Crippen LogP contribution is 2.40. The van der Waals surface area contributed by atoms with Crippen LogP contribution in [0.15, 0.2) is 36.1 Å². The minimum Gasteiger partial charge on any atom is -0.459 e. The van der Waals surface area contributed by atoms with Gasteiger partial charge in [-0.1, -0.05) is 12.1 Å². The van der Waals surface area contributed by atoms with Gasteiger partial charge in [0.2, 0.25) is 6.29 Å². The minimum atomic E-state index is -0.468. The van der Waals surface area contributed by atoms with Crippen LogP contribution in [-0.2, 0) is 14.3 Å². The summed E-state index contributed by atoms with van der Waals surface area (Å²) >= 11 is 2.29. The van der Waals surface area contributed by atoms with E-state index in [-0.39, 0.29) is 24.3 Å². The Morgan fingerprint density at radius 1 is 1.36 bits per heavy atom. The van der Waals surface area contributed by atoms with E-state index in [0.29, 0.717) is 18.8 Å². The molecule has 6 heteroatoms. The summed E-state index contributed by atoms with van der Waals surface area (Å²) in [5.41, 5.74) is 1.15. The number of amides is 1. The maximum atomic E-state index is 12.5. The number of benzene rings is 1. The Bertz CT molecular complexity index is 627. The van der Waals surface area contributed by atoms with Crippen LogP contribution in [0.5, 0.6) is 0 Å². The molecular weight excluding hydrogens is 433 g/mol. The fraction of sp³-hybridized carbons (Fsp3) is 0.526. The van der Waals surface area contributed by atoms with Gasteiger partial charge in [0, 0.05) is 41.7 Å². The molecule has 5 nitrogen and oxygen atoms in total. The van der Waals surface area contributed by atoms with Gasteiger partial charge >= 0.3 is 0 Å². The summed E-state index contributed by atoms with van der Waals surface area (Å²) in [6.07, 6.45) is 2.94. The smallest absolute Gasteiger partial charge is 0.288 e. The van der Waals surface area contributed by atoms with Crippen molar-refractivity contribution in [2.24, 2.45) is 5.92 Å². The molecule has 1 N–H and O–H groups in total. The molecule has 0 aliphatic carbocycles. The van der Waals surface area contributed by atoms with Crippen LogP contribution in [0.4, 0.5) is 0 Å². The number of carbonyl (C=O) groups excluding carboxylic acids is 1. The Hall–Kier alpha value is -1.12. The van der Waals surface area contributed by atoms with Crippen molar-refractivity contribution < 1.29 is 19.4 Å². The van der Waals surface area contributed by atoms with Crippen LogP contribution >= 0.6 is 22.6 Å². The van der Waals surface area contributed by atoms with Gasteiger partial charge in [0.15, 0.2) is 5.76 Å². The second kappa shape index (κ2) is 8.51. The summed E-state index contributed by atoms with van der Waals surface area (Å²) < 4.78 is 12.9. The number of aliphatic hydroxyl groups excluding tert-OH is 1. The van der Waals surface area contributed by atoms with Crippen molar-refractivity contribution in [1.82, 2.24) is 4.90 Å². The molecule has 1 aromatic carbocycles. The molecule has 3 rings (SSSR count). The van der Waals surface area contributed by atoms with Crippen molar-refractivity contribution in [3.63, 3.8) is 0 Å². The average Bonchev–Trinajstić information content (AvgIpc) is 3.45. The highest BCUT2D eigenvalue weighted by Gasteiger charge is 2.40. The minimum absolute atomic E-state index is 0.0350. The van der Waals surface area contributed by atoms with Crippen LogP contribution in [0, 0.1) is 9.49 Å². The van der Waals surface area contributed by atoms with Gasteiger partial charge in [-0.3, -0.25) is 4.79 Å². The monoisotopic (exact) mass is 457 g/mol. The van der Waals surface area contributed by atoms with Crippen molar-refractivity contribution in [2.75, 3.05) is 26.3 Å². The Balaban J connectivity index is 1.93. The Kier molecular flexibility index (Phi) is 6.35. The van der Waals surface area contributed by atoms with Crippen LogP contribution in [0.1, 0.15) is 31.2 Å². The quantitative estimate of drug-likeness (QED) is 0.506. The lowest BCUT2D eigenvalue weighted by atomic mass is 9.80. The van der Waals surface area contributed by atoms with Crippen molar-refractivity contribution in [1.29, 1.82) is 0 Å². The number of nitrogens with zero attached hydrogens (tertiary/aromatic N) is 1. The summed E-state index contributed by atoms with van der Waals surface area (Å²) in [6.45, 7) is 4.17. The molecule has 3 atom stereocenters. The normalized spacial score (nSPS) is 25.3. The third-order valence-corrected chi connectivity index (χ3v) is 5.33. The number of ether oxygens (including phenoxy) is 2. The van der Waals surface area contributed by atoms with Gasteiger partial charge in [0.1, 0.15) is 0 Å². The maximum absolute atomic E-state index is 12.5. The molecule has 1 fully saturated rings. The first-order chi connectivity index (χ1) is 12.1. The molecule has 1 amide bonds. The van der Waals surface area contributed by atoms with E-state index in [2.05, 4.69) is 46.9 Å². The number of carbonyl (C=O) groups is 1. The van der Waals surface area contributed by atoms with E-state index in [1.807, 2.05) is 13.0 Å². The van der Waals surface area contributed by atoms with Crippen LogP contribution < -0.4 is 0 Å². The molecule has 1 saturated heterocycles. The predicted octanol–water partition coefficient (Wildman–Crippen LogP) is 2.88. The molecule has 0 bridgehead atoms. The zero-order valence-electron chi connectivity index (χ0n) is 14.4. The first-order valence-electron chi connectivity index (χ1n) is 8.79. The van der Waals surface area contributed by atoms with Crippen molar-refractivity contribution in [3.05, 3.63) is 45.2 Å². The molecule has 0 saturated carbocycles. The molecule has 2 heterocycles. The summed E-state index contributed by atoms with van der Waals surface area (Å²) in [6, 6.07) is 8.35. The van der Waals surface area contributed by atoms with E-state index in [4.69, 9.17) is 9.47 Å². The van der Waals surface area contributed by atoms with Crippen LogP contribution in [-0.4, -0.2) is 48.5 Å². The SMILES string of the molecule is CCO[C@@H]1OC(C(=O)N2CC2)=C[C@H](c2ccc(I)cc2)[C@@H]1CCCO. The van der Waals surface area contributed by atoms with Crippen LogP contribution in [0.3, 0.4) is 0 Å². The second-order valence-electron chi connectivity index (χ2n) is 6.37. The standard InChI is InChI=1S/C19H24INO4/c1-2-24-19-15(4-3-11-22)16(13-5-7-14(20)8-6-13)12-17(25-19)18(23)21-9-10-21/h5-8,12,15-16,19,22H,2-4,9-11H2,1H3/t15-,16+,19+/m0/s1. The largest absolute Gasteiger partial charge is 0.459 e. The highest BCUT2D eigenvalue weighted by atomic mass is 127. The molecule has 1 aromatic rings. The van der Waals surface area contributed by atoms with Gasteiger partial charge in [-0.15, -0.1) is 0 Å². The molecule has 2 aliphatic rings. The molecule has 136 valence electrons. The lowest BCUT2D eigenvalue weighted by molar-refractivity contribution is -0.168. The third kappa shape index (κ3) is 4.54. The predicted molar refractivity (Wildman–Crippen MR) is 103 cm³/mol. The number of allylic oxidation sites excluding steroid dienone is 1. The molecule has 0 aromatic heterocycles. The summed E-state index contributed by atoms with van der Waals surface area (Å²) in [5, 5.41) is 9.27. The fourth-order valence-corrected chi connectivity index (χ4v) is 3.59. The summed E-state index contributed by atoms with van der Waals surface area (Å²) in [4.78, 5) is 14.3. The molecule has 2 aliphatic heterocycles. The number of hydrogen-bond donors (Lipinski definition) is 1. The lowest BCUT2D eigenvalue weighted by Gasteiger charge is -2.37. The molecule has 25 heavy (non-hydrogen) atoms. The van der Waals surface area contributed by atoms with Crippen LogP contribution in [0.25, 0.3) is 0 Å². The third-order valence-electron chi connectivity index (χ3n) is 4.61. The first-order valence-corrected chi connectivity index (χ1v) is 9.87. The number of halogens is 1. The van der Waals surface area contributed by atoms with Gasteiger partial charge in [0.05, 0.1) is 0 Å². The van der Waals surface area contributed by atoms with E-state index in [9.17, 15) is 9.90 Å². The number of hydrogen-bond acceptors (Lipinski definition) is 4. The van der Waals surface area contributed by atoms with Gasteiger partial charge in [-0.25, -0.2) is 0 Å². The van der Waals surface area contributed by atoms with Crippen molar-refractivity contribution in [2.45, 2.75) is 32.0 Å². The topological polar surface area (TPSA) is 58.8 Å². The summed E-state index contributed by atoms with van der Waals surface area (Å²) in [5.74, 6) is 0.436. The molecule has 0 unspecified atom stereocenters. The molecule has 0 radical (unpaired) electrons. The fourth-order valence-electron chi connectivity index (χ4n) is 3.23. The second-order valence-corrected chi connectivity index (χ2v) is 7.62. The van der Waals surface area contributed by atoms with Crippen molar-refractivity contribution in [3.8, 4) is 0 Å². The lowest BCUT2D eigenvalue weighted by Crippen LogP contribution is -2.37. The summed E-state index contributed by atoms with van der Waals surface area (Å²) in [7, 11) is 0. The zero-order chi connectivity index (χ0) is 17.8. The van der Waals surface area contributed by atoms with Gasteiger partial charge < -0.3 is 19.5 Å². The van der Waals surface area contributed by atoms with Crippen LogP contribution in [0.2, 0.25) is 0 Å². The Morgan fingerprint density at radius 3 is 2.68 bits per heavy atom. The van der Waals surface area contributed by atoms with E-state index < -0.39 is 6.29 Å². The van der Waals surface area contributed by atoms with Crippen molar-refractivity contribution >= 4 is 28.5 Å². The Labute approximate surface area is 162 Å². The van der Waals surface area contributed by atoms with Gasteiger partial charge in [-0.2, -0.15) is 0 Å². The van der Waals surface area contributed by atoms with Gasteiger partial charge in [0.25, 0.3) is 5.91 Å². The number of rotatable bonds is 7. The van der Waals surface area contributed by atoms with Gasteiger partial charge in [-0.05, 0) is 66.1 Å². The first kappa shape index (κ1) is 18.7. The van der Waals surface area contributed by atoms with E-state index in [1.165, 1.54) is 3.57 Å². The zero-order valence-corrected chi connectivity index (χ0v) is 16.5. The average molecular weight is 457 g/mol. The highest BCUT2D eigenvalue weighted by molar-refractivity contribution is 14.1. The Morgan fingerprint density at radius 2 is 2.08 bits per heavy atom. The maximum Gasteiger partial charge on any atom is 0.288 e. The van der Waals surface area contributed by atoms with E-state index in [1.54, 1.807) is 4.90 Å². The van der Waals surface area contributed by atoms with E-state index in [0.717, 1.165) is 25.1 Å². The number of aliphatic hydroxyl groups is 1.